The Morgan fingerprint density at radius 3 is 2.86 bits per heavy atom. The molecule has 5 nitrogen and oxygen atoms in total. The Hall–Kier alpha value is -1.88. The minimum absolute atomic E-state index is 0.00164. The molecule has 1 aromatic carbocycles. The second-order valence-corrected chi connectivity index (χ2v) is 5.75. The van der Waals surface area contributed by atoms with E-state index in [0.29, 0.717) is 13.2 Å². The number of nitrogens with one attached hydrogen (secondary N) is 1. The number of carbonyl (C=O) groups is 2. The number of anilines is 1. The molecule has 1 aromatic rings. The summed E-state index contributed by atoms with van der Waals surface area (Å²) in [5.74, 6) is -0.355. The van der Waals surface area contributed by atoms with E-state index in [2.05, 4.69) is 12.2 Å². The first-order chi connectivity index (χ1) is 10.6. The summed E-state index contributed by atoms with van der Waals surface area (Å²) in [6, 6.07) is 7.77. The molecule has 120 valence electrons. The van der Waals surface area contributed by atoms with Gasteiger partial charge in [0.1, 0.15) is 0 Å². The van der Waals surface area contributed by atoms with Gasteiger partial charge in [-0.1, -0.05) is 25.1 Å². The van der Waals surface area contributed by atoms with Gasteiger partial charge in [-0.15, -0.1) is 0 Å². The van der Waals surface area contributed by atoms with Crippen LogP contribution in [-0.2, 0) is 20.7 Å². The number of amides is 2. The van der Waals surface area contributed by atoms with Gasteiger partial charge < -0.3 is 15.0 Å². The van der Waals surface area contributed by atoms with Crippen LogP contribution in [0, 0.1) is 5.92 Å². The predicted octanol–water partition coefficient (Wildman–Crippen LogP) is 2.07. The van der Waals surface area contributed by atoms with E-state index in [-0.39, 0.29) is 30.2 Å². The van der Waals surface area contributed by atoms with Gasteiger partial charge >= 0.3 is 0 Å². The van der Waals surface area contributed by atoms with E-state index >= 15 is 0 Å². The molecule has 0 radical (unpaired) electrons. The molecule has 2 atom stereocenters. The van der Waals surface area contributed by atoms with Crippen molar-refractivity contribution in [2.45, 2.75) is 32.7 Å². The number of ether oxygens (including phenoxy) is 1. The summed E-state index contributed by atoms with van der Waals surface area (Å²) < 4.78 is 5.09. The molecule has 5 heteroatoms. The molecule has 22 heavy (non-hydrogen) atoms. The predicted molar refractivity (Wildman–Crippen MR) is 85.6 cm³/mol. The maximum absolute atomic E-state index is 12.4. The lowest BCUT2D eigenvalue weighted by Crippen LogP contribution is -2.38. The fraction of sp³-hybridized carbons (Fsp3) is 0.529. The number of likely N-dealkylation sites (tertiary alicyclic amines) is 1. The summed E-state index contributed by atoms with van der Waals surface area (Å²) in [5.41, 5.74) is 1.94. The largest absolute Gasteiger partial charge is 0.383 e. The number of aryl methyl sites for hydroxylation is 1. The standard InChI is InChI=1S/C17H24N2O3/c1-4-13-7-5-6-8-15(13)18-17(21)14-9-16(20)19(10-14)12(2)11-22-3/h5-8,12,14H,4,9-11H2,1-3H3,(H,18,21)/t12-,14-/m1/s1. The summed E-state index contributed by atoms with van der Waals surface area (Å²) in [7, 11) is 1.61. The first-order valence-corrected chi connectivity index (χ1v) is 7.74. The molecule has 0 bridgehead atoms. The van der Waals surface area contributed by atoms with Crippen LogP contribution in [0.5, 0.6) is 0 Å². The highest BCUT2D eigenvalue weighted by atomic mass is 16.5. The van der Waals surface area contributed by atoms with E-state index in [4.69, 9.17) is 4.74 Å². The van der Waals surface area contributed by atoms with E-state index in [0.717, 1.165) is 17.7 Å². The highest BCUT2D eigenvalue weighted by Crippen LogP contribution is 2.23. The van der Waals surface area contributed by atoms with Crippen LogP contribution in [0.3, 0.4) is 0 Å². The molecular formula is C17H24N2O3. The van der Waals surface area contributed by atoms with Crippen LogP contribution < -0.4 is 5.32 Å². The molecule has 0 unspecified atom stereocenters. The van der Waals surface area contributed by atoms with Crippen molar-refractivity contribution in [1.82, 2.24) is 4.90 Å². The van der Waals surface area contributed by atoms with Gasteiger partial charge in [0.25, 0.3) is 0 Å². The minimum atomic E-state index is -0.295. The van der Waals surface area contributed by atoms with Crippen molar-refractivity contribution in [3.63, 3.8) is 0 Å². The van der Waals surface area contributed by atoms with Crippen LogP contribution in [0.25, 0.3) is 0 Å². The number of hydrogen-bond donors (Lipinski definition) is 1. The molecular weight excluding hydrogens is 280 g/mol. The van der Waals surface area contributed by atoms with Crippen molar-refractivity contribution in [2.75, 3.05) is 25.6 Å². The average Bonchev–Trinajstić information content (AvgIpc) is 2.90. The Morgan fingerprint density at radius 1 is 1.45 bits per heavy atom. The van der Waals surface area contributed by atoms with Crippen molar-refractivity contribution in [3.05, 3.63) is 29.8 Å². The van der Waals surface area contributed by atoms with Gasteiger partial charge in [-0.05, 0) is 25.0 Å². The van der Waals surface area contributed by atoms with Crippen LogP contribution in [0.15, 0.2) is 24.3 Å². The lowest BCUT2D eigenvalue weighted by Gasteiger charge is -2.24. The summed E-state index contributed by atoms with van der Waals surface area (Å²) in [6.07, 6.45) is 1.13. The molecule has 2 amide bonds. The zero-order valence-electron chi connectivity index (χ0n) is 13.5. The third-order valence-electron chi connectivity index (χ3n) is 4.13. The van der Waals surface area contributed by atoms with Crippen LogP contribution in [-0.4, -0.2) is 43.0 Å². The molecule has 1 heterocycles. The van der Waals surface area contributed by atoms with Crippen molar-refractivity contribution in [3.8, 4) is 0 Å². The Balaban J connectivity index is 2.01. The molecule has 1 N–H and O–H groups in total. The monoisotopic (exact) mass is 304 g/mol. The van der Waals surface area contributed by atoms with E-state index in [1.165, 1.54) is 0 Å². The van der Waals surface area contributed by atoms with Gasteiger partial charge in [-0.25, -0.2) is 0 Å². The second-order valence-electron chi connectivity index (χ2n) is 5.75. The van der Waals surface area contributed by atoms with E-state index < -0.39 is 0 Å². The highest BCUT2D eigenvalue weighted by molar-refractivity contribution is 5.97. The zero-order valence-corrected chi connectivity index (χ0v) is 13.5. The summed E-state index contributed by atoms with van der Waals surface area (Å²) in [6.45, 7) is 4.94. The highest BCUT2D eigenvalue weighted by Gasteiger charge is 2.36. The Bertz CT molecular complexity index is 544. The molecule has 2 rings (SSSR count). The Morgan fingerprint density at radius 2 is 2.18 bits per heavy atom. The van der Waals surface area contributed by atoms with E-state index in [1.807, 2.05) is 31.2 Å². The fourth-order valence-electron chi connectivity index (χ4n) is 2.85. The lowest BCUT2D eigenvalue weighted by atomic mass is 10.1. The number of rotatable bonds is 6. The normalized spacial score (nSPS) is 19.3. The van der Waals surface area contributed by atoms with E-state index in [1.54, 1.807) is 12.0 Å². The molecule has 1 aliphatic rings. The molecule has 0 saturated carbocycles. The number of benzene rings is 1. The average molecular weight is 304 g/mol. The van der Waals surface area contributed by atoms with Gasteiger partial charge in [0.05, 0.1) is 18.6 Å². The van der Waals surface area contributed by atoms with Gasteiger partial charge in [0.2, 0.25) is 11.8 Å². The van der Waals surface area contributed by atoms with Crippen LogP contribution in [0.2, 0.25) is 0 Å². The molecule has 0 aliphatic carbocycles. The SMILES string of the molecule is CCc1ccccc1NC(=O)[C@@H]1CC(=O)N([C@H](C)COC)C1. The number of hydrogen-bond acceptors (Lipinski definition) is 3. The van der Waals surface area contributed by atoms with E-state index in [9.17, 15) is 9.59 Å². The number of carbonyl (C=O) groups excluding carboxylic acids is 2. The van der Waals surface area contributed by atoms with Crippen LogP contribution in [0.4, 0.5) is 5.69 Å². The van der Waals surface area contributed by atoms with Gasteiger partial charge in [-0.2, -0.15) is 0 Å². The van der Waals surface area contributed by atoms with Gasteiger partial charge in [-0.3, -0.25) is 9.59 Å². The number of para-hydroxylation sites is 1. The topological polar surface area (TPSA) is 58.6 Å². The third-order valence-corrected chi connectivity index (χ3v) is 4.13. The second kappa shape index (κ2) is 7.40. The maximum Gasteiger partial charge on any atom is 0.229 e. The quantitative estimate of drug-likeness (QED) is 0.875. The van der Waals surface area contributed by atoms with Crippen molar-refractivity contribution in [1.29, 1.82) is 0 Å². The lowest BCUT2D eigenvalue weighted by molar-refractivity contribution is -0.130. The van der Waals surface area contributed by atoms with Crippen molar-refractivity contribution >= 4 is 17.5 Å². The Kier molecular flexibility index (Phi) is 5.55. The molecule has 0 aromatic heterocycles. The van der Waals surface area contributed by atoms with Crippen LogP contribution in [0.1, 0.15) is 25.8 Å². The molecule has 1 aliphatic heterocycles. The summed E-state index contributed by atoms with van der Waals surface area (Å²) >= 11 is 0. The Labute approximate surface area is 131 Å². The molecule has 1 saturated heterocycles. The summed E-state index contributed by atoms with van der Waals surface area (Å²) in [4.78, 5) is 26.2. The minimum Gasteiger partial charge on any atom is -0.383 e. The van der Waals surface area contributed by atoms with Crippen molar-refractivity contribution < 1.29 is 14.3 Å². The maximum atomic E-state index is 12.4. The smallest absolute Gasteiger partial charge is 0.229 e. The summed E-state index contributed by atoms with van der Waals surface area (Å²) in [5, 5.41) is 2.97. The number of nitrogens with zero attached hydrogens (tertiary/aromatic N) is 1. The fourth-order valence-corrected chi connectivity index (χ4v) is 2.85. The first kappa shape index (κ1) is 16.5. The molecule has 0 spiro atoms. The van der Waals surface area contributed by atoms with Gasteiger partial charge in [0.15, 0.2) is 0 Å². The van der Waals surface area contributed by atoms with Crippen molar-refractivity contribution in [2.24, 2.45) is 5.92 Å². The molecule has 1 fully saturated rings. The third kappa shape index (κ3) is 3.65. The van der Waals surface area contributed by atoms with Gasteiger partial charge in [0, 0.05) is 25.8 Å². The van der Waals surface area contributed by atoms with Crippen LogP contribution >= 0.6 is 0 Å². The first-order valence-electron chi connectivity index (χ1n) is 7.74. The number of methoxy groups -OCH3 is 1. The zero-order chi connectivity index (χ0) is 16.1.